The largest absolute Gasteiger partial charge is 0.467 e. The van der Waals surface area contributed by atoms with Crippen LogP contribution in [0, 0.1) is 0 Å². The molecule has 0 saturated heterocycles. The lowest BCUT2D eigenvalue weighted by Crippen LogP contribution is -2.22. The zero-order valence-corrected chi connectivity index (χ0v) is 8.64. The third-order valence-corrected chi connectivity index (χ3v) is 2.83. The first-order valence-electron chi connectivity index (χ1n) is 5.27. The highest BCUT2D eigenvalue weighted by atomic mass is 16.3. The van der Waals surface area contributed by atoms with Gasteiger partial charge in [0.05, 0.1) is 12.3 Å². The summed E-state index contributed by atoms with van der Waals surface area (Å²) in [5.74, 6) is 0.971. The summed E-state index contributed by atoms with van der Waals surface area (Å²) in [4.78, 5) is 11.9. The number of carbonyl (C=O) groups is 1. The minimum Gasteiger partial charge on any atom is -0.467 e. The summed E-state index contributed by atoms with van der Waals surface area (Å²) in [6, 6.07) is 11.2. The van der Waals surface area contributed by atoms with E-state index in [0.717, 1.165) is 17.0 Å². The summed E-state index contributed by atoms with van der Waals surface area (Å²) in [7, 11) is 0. The average Bonchev–Trinajstić information content (AvgIpc) is 2.82. The fourth-order valence-electron chi connectivity index (χ4n) is 2.05. The molecule has 16 heavy (non-hydrogen) atoms. The molecule has 1 aromatic heterocycles. The van der Waals surface area contributed by atoms with Crippen LogP contribution in [0.3, 0.4) is 0 Å². The van der Waals surface area contributed by atoms with Crippen LogP contribution in [0.1, 0.15) is 28.6 Å². The van der Waals surface area contributed by atoms with E-state index in [1.807, 2.05) is 36.4 Å². The van der Waals surface area contributed by atoms with Crippen molar-refractivity contribution in [2.45, 2.75) is 12.5 Å². The molecule has 3 heteroatoms. The number of Topliss-reactive ketones (excluding diaryl/α,β-unsaturated/α-hetero) is 1. The Morgan fingerprint density at radius 2 is 2.06 bits per heavy atom. The SMILES string of the molecule is O=C1C[C@@H](c2ccco2)Nc2ccccc21. The third-order valence-electron chi connectivity index (χ3n) is 2.83. The van der Waals surface area contributed by atoms with Crippen molar-refractivity contribution in [3.63, 3.8) is 0 Å². The second-order valence-corrected chi connectivity index (χ2v) is 3.89. The minimum absolute atomic E-state index is 0.0441. The van der Waals surface area contributed by atoms with Gasteiger partial charge in [-0.25, -0.2) is 0 Å². The Morgan fingerprint density at radius 3 is 2.88 bits per heavy atom. The van der Waals surface area contributed by atoms with E-state index in [0.29, 0.717) is 6.42 Å². The highest BCUT2D eigenvalue weighted by Gasteiger charge is 2.26. The van der Waals surface area contributed by atoms with Crippen LogP contribution in [0.4, 0.5) is 5.69 Å². The number of hydrogen-bond donors (Lipinski definition) is 1. The quantitative estimate of drug-likeness (QED) is 0.791. The molecule has 2 aromatic rings. The van der Waals surface area contributed by atoms with Crippen molar-refractivity contribution in [1.82, 2.24) is 0 Å². The van der Waals surface area contributed by atoms with Gasteiger partial charge in [-0.15, -0.1) is 0 Å². The molecule has 0 saturated carbocycles. The standard InChI is InChI=1S/C13H11NO2/c15-12-8-11(13-6-3-7-16-13)14-10-5-2-1-4-9(10)12/h1-7,11,14H,8H2/t11-/m0/s1. The Hall–Kier alpha value is -2.03. The van der Waals surface area contributed by atoms with Crippen LogP contribution in [-0.4, -0.2) is 5.78 Å². The number of rotatable bonds is 1. The van der Waals surface area contributed by atoms with Gasteiger partial charge in [-0.2, -0.15) is 0 Å². The van der Waals surface area contributed by atoms with Crippen molar-refractivity contribution < 1.29 is 9.21 Å². The molecule has 0 bridgehead atoms. The first kappa shape index (κ1) is 9.21. The first-order chi connectivity index (χ1) is 7.84. The molecule has 3 rings (SSSR count). The molecule has 1 aliphatic heterocycles. The molecular formula is C13H11NO2. The molecular weight excluding hydrogens is 202 g/mol. The summed E-state index contributed by atoms with van der Waals surface area (Å²) in [5, 5.41) is 3.32. The summed E-state index contributed by atoms with van der Waals surface area (Å²) >= 11 is 0. The molecule has 0 amide bonds. The van der Waals surface area contributed by atoms with Crippen LogP contribution in [0.5, 0.6) is 0 Å². The van der Waals surface area contributed by atoms with Crippen molar-refractivity contribution in [1.29, 1.82) is 0 Å². The number of carbonyl (C=O) groups excluding carboxylic acids is 1. The number of ketones is 1. The average molecular weight is 213 g/mol. The van der Waals surface area contributed by atoms with Crippen LogP contribution in [-0.2, 0) is 0 Å². The maximum absolute atomic E-state index is 11.9. The summed E-state index contributed by atoms with van der Waals surface area (Å²) < 4.78 is 5.32. The molecule has 0 fully saturated rings. The van der Waals surface area contributed by atoms with Gasteiger partial charge in [-0.3, -0.25) is 4.79 Å². The van der Waals surface area contributed by atoms with E-state index in [1.165, 1.54) is 0 Å². The second kappa shape index (κ2) is 3.52. The molecule has 80 valence electrons. The highest BCUT2D eigenvalue weighted by Crippen LogP contribution is 2.32. The number of fused-ring (bicyclic) bond motifs is 1. The molecule has 1 aliphatic rings. The predicted molar refractivity (Wildman–Crippen MR) is 60.5 cm³/mol. The molecule has 1 aromatic carbocycles. The third kappa shape index (κ3) is 1.41. The summed E-state index contributed by atoms with van der Waals surface area (Å²) in [5.41, 5.74) is 1.66. The maximum Gasteiger partial charge on any atom is 0.167 e. The van der Waals surface area contributed by atoms with E-state index < -0.39 is 0 Å². The number of benzene rings is 1. The molecule has 3 nitrogen and oxygen atoms in total. The molecule has 2 heterocycles. The zero-order valence-electron chi connectivity index (χ0n) is 8.64. The molecule has 1 N–H and O–H groups in total. The molecule has 0 spiro atoms. The predicted octanol–water partition coefficient (Wildman–Crippen LogP) is 3.02. The van der Waals surface area contributed by atoms with E-state index in [4.69, 9.17) is 4.42 Å². The monoisotopic (exact) mass is 213 g/mol. The van der Waals surface area contributed by atoms with Crippen LogP contribution < -0.4 is 5.32 Å². The lowest BCUT2D eigenvalue weighted by Gasteiger charge is -2.24. The Morgan fingerprint density at radius 1 is 1.19 bits per heavy atom. The number of nitrogens with one attached hydrogen (secondary N) is 1. The fraction of sp³-hybridized carbons (Fsp3) is 0.154. The van der Waals surface area contributed by atoms with E-state index in [2.05, 4.69) is 5.32 Å². The topological polar surface area (TPSA) is 42.2 Å². The minimum atomic E-state index is -0.0441. The van der Waals surface area contributed by atoms with Gasteiger partial charge >= 0.3 is 0 Å². The second-order valence-electron chi connectivity index (χ2n) is 3.89. The summed E-state index contributed by atoms with van der Waals surface area (Å²) in [6.07, 6.45) is 2.08. The Labute approximate surface area is 93.1 Å². The van der Waals surface area contributed by atoms with Gasteiger partial charge in [-0.1, -0.05) is 12.1 Å². The lowest BCUT2D eigenvalue weighted by molar-refractivity contribution is 0.0969. The highest BCUT2D eigenvalue weighted by molar-refractivity contribution is 6.03. The van der Waals surface area contributed by atoms with Crippen molar-refractivity contribution in [3.8, 4) is 0 Å². The van der Waals surface area contributed by atoms with Gasteiger partial charge < -0.3 is 9.73 Å². The van der Waals surface area contributed by atoms with E-state index in [1.54, 1.807) is 6.26 Å². The van der Waals surface area contributed by atoms with Gasteiger partial charge in [0.15, 0.2) is 5.78 Å². The normalized spacial score (nSPS) is 19.0. The van der Waals surface area contributed by atoms with Crippen molar-refractivity contribution >= 4 is 11.5 Å². The van der Waals surface area contributed by atoms with Crippen molar-refractivity contribution in [3.05, 3.63) is 54.0 Å². The smallest absolute Gasteiger partial charge is 0.167 e. The van der Waals surface area contributed by atoms with Gasteiger partial charge in [-0.05, 0) is 24.3 Å². The van der Waals surface area contributed by atoms with Crippen molar-refractivity contribution in [2.75, 3.05) is 5.32 Å². The number of anilines is 1. The number of para-hydroxylation sites is 1. The first-order valence-corrected chi connectivity index (χ1v) is 5.27. The van der Waals surface area contributed by atoms with Crippen molar-refractivity contribution in [2.24, 2.45) is 0 Å². The summed E-state index contributed by atoms with van der Waals surface area (Å²) in [6.45, 7) is 0. The Bertz CT molecular complexity index is 516. The number of hydrogen-bond acceptors (Lipinski definition) is 3. The maximum atomic E-state index is 11.9. The lowest BCUT2D eigenvalue weighted by atomic mass is 9.95. The van der Waals surface area contributed by atoms with Crippen LogP contribution in [0.15, 0.2) is 47.1 Å². The van der Waals surface area contributed by atoms with Gasteiger partial charge in [0.2, 0.25) is 0 Å². The Kier molecular flexibility index (Phi) is 2.03. The van der Waals surface area contributed by atoms with E-state index in [-0.39, 0.29) is 11.8 Å². The van der Waals surface area contributed by atoms with Crippen LogP contribution >= 0.6 is 0 Å². The van der Waals surface area contributed by atoms with Gasteiger partial charge in [0.1, 0.15) is 5.76 Å². The van der Waals surface area contributed by atoms with Crippen LogP contribution in [0.25, 0.3) is 0 Å². The Balaban J connectivity index is 1.98. The van der Waals surface area contributed by atoms with E-state index >= 15 is 0 Å². The molecule has 0 aliphatic carbocycles. The van der Waals surface area contributed by atoms with Gasteiger partial charge in [0, 0.05) is 17.7 Å². The molecule has 0 unspecified atom stereocenters. The number of furan rings is 1. The van der Waals surface area contributed by atoms with E-state index in [9.17, 15) is 4.79 Å². The molecule has 0 radical (unpaired) electrons. The molecule has 1 atom stereocenters. The van der Waals surface area contributed by atoms with Gasteiger partial charge in [0.25, 0.3) is 0 Å². The van der Waals surface area contributed by atoms with Crippen LogP contribution in [0.2, 0.25) is 0 Å². The fourth-order valence-corrected chi connectivity index (χ4v) is 2.05. The zero-order chi connectivity index (χ0) is 11.0.